The molecule has 8 nitrogen and oxygen atoms in total. The summed E-state index contributed by atoms with van der Waals surface area (Å²) in [7, 11) is 0. The second-order valence-electron chi connectivity index (χ2n) is 0.368. The molecule has 0 bridgehead atoms. The third-order valence-electron chi connectivity index (χ3n) is 0.123. The first-order chi connectivity index (χ1) is 4.41. The van der Waals surface area contributed by atoms with E-state index in [0.29, 0.717) is 18.6 Å². The standard InChI is InChI=1S/Cr.5Ga.Li.HO6.HO.O/c;;;;;;;1-3-5-6-4-2;;/h;;;;;;;1H;1H;/q;;;;;+1;;;;/p-1. The Morgan fingerprint density at radius 1 is 0.867 bits per heavy atom. The molecule has 0 fully saturated rings. The van der Waals surface area contributed by atoms with Gasteiger partial charge in [-0.1, -0.05) is 0 Å². The summed E-state index contributed by atoms with van der Waals surface area (Å²) >= 11 is 1.22. The fourth-order valence-corrected chi connectivity index (χ4v) is 0.106. The van der Waals surface area contributed by atoms with Crippen LogP contribution in [0.4, 0.5) is 0 Å². The fraction of sp³-hybridized carbons (Fsp3) is 0. The van der Waals surface area contributed by atoms with E-state index >= 15 is 0 Å². The zero-order valence-corrected chi connectivity index (χ0v) is 21.0. The predicted octanol–water partition coefficient (Wildman–Crippen LogP) is -3.04. The molecule has 0 aliphatic carbocycles. The van der Waals surface area contributed by atoms with Gasteiger partial charge in [-0.15, -0.1) is 0 Å². The molecule has 0 rings (SSSR count). The zero-order chi connectivity index (χ0) is 7.54. The minimum absolute atomic E-state index is 0. The van der Waals surface area contributed by atoms with Crippen LogP contribution in [0.15, 0.2) is 0 Å². The Balaban J connectivity index is -0.00000000965. The summed E-state index contributed by atoms with van der Waals surface area (Å²) in [5.74, 6) is 0. The normalized spacial score (nSPS) is 4.53. The number of hydrogen-bond acceptors (Lipinski definition) is 6. The van der Waals surface area contributed by atoms with Gasteiger partial charge >= 0.3 is 70.1 Å². The maximum atomic E-state index is 8.83. The van der Waals surface area contributed by atoms with Crippen LogP contribution in [0.1, 0.15) is 0 Å². The minimum atomic E-state index is 0. The number of hydrogen-bond donors (Lipinski definition) is 1. The van der Waals surface area contributed by atoms with Gasteiger partial charge in [0.25, 0.3) is 0 Å². The first kappa shape index (κ1) is 51.0. The summed E-state index contributed by atoms with van der Waals surface area (Å²) in [4.78, 5) is 0. The second kappa shape index (κ2) is 64.8. The maximum absolute atomic E-state index is 8.83. The fourth-order valence-electron chi connectivity index (χ4n) is 0.0387. The molecule has 0 unspecified atom stereocenters. The molecule has 71 valence electrons. The summed E-state index contributed by atoms with van der Waals surface area (Å²) in [6, 6.07) is 0. The second-order valence-corrected chi connectivity index (χ2v) is 0.772. The van der Waals surface area contributed by atoms with Crippen LogP contribution in [0.3, 0.4) is 0 Å². The molecule has 0 heterocycles. The van der Waals surface area contributed by atoms with Gasteiger partial charge in [0, 0.05) is 95.6 Å². The van der Waals surface area contributed by atoms with Crippen molar-refractivity contribution in [1.82, 2.24) is 0 Å². The summed E-state index contributed by atoms with van der Waals surface area (Å²) in [5, 5.41) is 21.6. The molecule has 1 N–H and O–H groups in total. The predicted molar refractivity (Wildman–Crippen MR) is 43.3 cm³/mol. The van der Waals surface area contributed by atoms with Crippen LogP contribution in [0.25, 0.3) is 0 Å². The molecular formula is HCrGa5LiO8. The van der Waals surface area contributed by atoms with Gasteiger partial charge in [0.2, 0.25) is 0 Å². The molecule has 0 saturated carbocycles. The van der Waals surface area contributed by atoms with Gasteiger partial charge in [0.15, 0.2) is 0 Å². The van der Waals surface area contributed by atoms with Crippen molar-refractivity contribution in [2.45, 2.75) is 0 Å². The Morgan fingerprint density at radius 3 is 1.40 bits per heavy atom. The molecule has 15 radical (unpaired) electrons. The molecule has 0 aromatic carbocycles. The van der Waals surface area contributed by atoms with E-state index in [2.05, 4.69) is 23.8 Å². The van der Waals surface area contributed by atoms with Gasteiger partial charge in [0.1, 0.15) is 0 Å². The zero-order valence-electron chi connectivity index (χ0n) is 7.60. The van der Waals surface area contributed by atoms with Crippen molar-refractivity contribution in [3.63, 3.8) is 0 Å². The van der Waals surface area contributed by atoms with Crippen LogP contribution in [-0.4, -0.2) is 121 Å². The molecule has 0 amide bonds. The molecule has 0 aliphatic rings. The van der Waals surface area contributed by atoms with Crippen LogP contribution >= 0.6 is 0 Å². The summed E-state index contributed by atoms with van der Waals surface area (Å²) in [5.41, 5.74) is 0. The summed E-state index contributed by atoms with van der Waals surface area (Å²) < 4.78 is 12.2. The average Bonchev–Trinajstić information content (AvgIpc) is 1.94. The molecule has 15 heteroatoms. The van der Waals surface area contributed by atoms with Crippen molar-refractivity contribution in [3.05, 3.63) is 0 Å². The quantitative estimate of drug-likeness (QED) is 0.177. The molecule has 0 aromatic rings. The third-order valence-corrected chi connectivity index (χ3v) is 0.287. The molecule has 0 saturated heterocycles. The van der Waals surface area contributed by atoms with Gasteiger partial charge < -0.3 is 0 Å². The van der Waals surface area contributed by atoms with Crippen LogP contribution in [-0.2, 0) is 50.0 Å². The third kappa shape index (κ3) is 72.9. The van der Waals surface area contributed by atoms with Gasteiger partial charge in [-0.3, -0.25) is 5.48 Å². The van der Waals surface area contributed by atoms with E-state index in [1.165, 1.54) is 0 Å². The Hall–Kier alpha value is 3.83. The van der Waals surface area contributed by atoms with Crippen LogP contribution in [0, 0.1) is 0 Å². The summed E-state index contributed by atoms with van der Waals surface area (Å²) in [6.45, 7) is 0. The van der Waals surface area contributed by atoms with Crippen molar-refractivity contribution in [3.8, 4) is 0 Å². The molecule has 15 heavy (non-hydrogen) atoms. The van der Waals surface area contributed by atoms with Crippen molar-refractivity contribution in [2.75, 3.05) is 0 Å². The van der Waals surface area contributed by atoms with Gasteiger partial charge in [0.05, 0.1) is 0 Å². The molecule has 0 atom stereocenters. The Labute approximate surface area is 169 Å². The van der Waals surface area contributed by atoms with E-state index in [4.69, 9.17) is 8.80 Å². The van der Waals surface area contributed by atoms with E-state index in [-0.39, 0.29) is 101 Å². The van der Waals surface area contributed by atoms with Gasteiger partial charge in [-0.25, -0.2) is 0 Å². The van der Waals surface area contributed by atoms with Crippen molar-refractivity contribution in [2.24, 2.45) is 0 Å². The van der Waals surface area contributed by atoms with E-state index in [1.807, 2.05) is 0 Å². The van der Waals surface area contributed by atoms with E-state index < -0.39 is 0 Å². The monoisotopic (exact) mass is 533 g/mol. The Kier molecular flexibility index (Phi) is 220. The van der Waals surface area contributed by atoms with Crippen LogP contribution < -0.4 is 0 Å². The molecular weight excluding hydrogens is 536 g/mol. The molecule has 0 aliphatic heterocycles. The number of rotatable bonds is 4. The molecule has 0 aromatic heterocycles. The summed E-state index contributed by atoms with van der Waals surface area (Å²) in [6.07, 6.45) is 0. The Bertz CT molecular complexity index is 50.0. The Morgan fingerprint density at radius 2 is 1.20 bits per heavy atom. The topological polar surface area (TPSA) is 113 Å². The molecule has 0 spiro atoms. The van der Waals surface area contributed by atoms with Gasteiger partial charge in [-0.2, -0.15) is 0 Å². The van der Waals surface area contributed by atoms with E-state index in [9.17, 15) is 0 Å². The first-order valence-electron chi connectivity index (χ1n) is 1.30. The van der Waals surface area contributed by atoms with Crippen molar-refractivity contribution >= 4 is 116 Å². The van der Waals surface area contributed by atoms with Gasteiger partial charge in [-0.05, 0) is 0 Å². The van der Waals surface area contributed by atoms with Crippen LogP contribution in [0.2, 0.25) is 0 Å². The van der Waals surface area contributed by atoms with Crippen molar-refractivity contribution in [1.29, 1.82) is 0 Å². The van der Waals surface area contributed by atoms with Crippen LogP contribution in [0.5, 0.6) is 0 Å². The van der Waals surface area contributed by atoms with E-state index in [1.54, 1.807) is 0 Å². The first-order valence-corrected chi connectivity index (χ1v) is 3.28. The average molecular weight is 537 g/mol. The SMILES string of the molecule is [Cr].[Ga].[Ga].[Ga].[Li].[OH].[O]=[Ga].[O]OOOO[O][Ga]. The van der Waals surface area contributed by atoms with Crippen molar-refractivity contribution < 1.29 is 55.5 Å². The van der Waals surface area contributed by atoms with E-state index in [0.717, 1.165) is 19.0 Å².